The monoisotopic (exact) mass is 207 g/mol. The highest BCUT2D eigenvalue weighted by Gasteiger charge is 2.27. The summed E-state index contributed by atoms with van der Waals surface area (Å²) in [5, 5.41) is 0. The summed E-state index contributed by atoms with van der Waals surface area (Å²) in [4.78, 5) is 4.44. The summed E-state index contributed by atoms with van der Waals surface area (Å²) in [5.74, 6) is 5.92. The number of pyridine rings is 1. The molecule has 1 heterocycles. The zero-order valence-corrected chi connectivity index (χ0v) is 10.0. The Bertz CT molecular complexity index is 315. The number of hydrazine groups is 1. The molecule has 0 aliphatic carbocycles. The molecule has 0 bridgehead atoms. The van der Waals surface area contributed by atoms with Crippen LogP contribution in [0.15, 0.2) is 18.3 Å². The van der Waals surface area contributed by atoms with E-state index >= 15 is 0 Å². The van der Waals surface area contributed by atoms with E-state index in [9.17, 15) is 0 Å². The molecule has 0 aliphatic heterocycles. The summed E-state index contributed by atoms with van der Waals surface area (Å²) in [6.45, 7) is 8.88. The highest BCUT2D eigenvalue weighted by atomic mass is 15.2. The van der Waals surface area contributed by atoms with E-state index in [1.165, 1.54) is 0 Å². The lowest BCUT2D eigenvalue weighted by atomic mass is 9.76. The van der Waals surface area contributed by atoms with Gasteiger partial charge in [0.25, 0.3) is 0 Å². The van der Waals surface area contributed by atoms with Crippen molar-refractivity contribution in [1.82, 2.24) is 4.98 Å². The summed E-state index contributed by atoms with van der Waals surface area (Å²) in [6.07, 6.45) is 2.89. The van der Waals surface area contributed by atoms with Gasteiger partial charge in [0.1, 0.15) is 0 Å². The molecule has 1 aromatic rings. The van der Waals surface area contributed by atoms with Gasteiger partial charge in [0.2, 0.25) is 0 Å². The molecular weight excluding hydrogens is 186 g/mol. The maximum Gasteiger partial charge on any atom is 0.0704 e. The predicted molar refractivity (Wildman–Crippen MR) is 64.5 cm³/mol. The van der Waals surface area contributed by atoms with E-state index in [1.54, 1.807) is 0 Å². The Hall–Kier alpha value is -1.09. The van der Waals surface area contributed by atoms with Crippen LogP contribution in [0.1, 0.15) is 45.7 Å². The fourth-order valence-corrected chi connectivity index (χ4v) is 2.03. The summed E-state index contributed by atoms with van der Waals surface area (Å²) in [6, 6.07) is 3.87. The Balaban J connectivity index is 3.12. The largest absolute Gasteiger partial charge is 0.322 e. The summed E-state index contributed by atoms with van der Waals surface area (Å²) in [7, 11) is 0. The maximum absolute atomic E-state index is 5.50. The molecule has 3 nitrogen and oxygen atoms in total. The second-order valence-electron chi connectivity index (χ2n) is 4.91. The number of nitrogens with one attached hydrogen (secondary N) is 1. The van der Waals surface area contributed by atoms with Crippen molar-refractivity contribution in [3.8, 4) is 0 Å². The SMILES string of the molecule is CCC(c1ncccc1NN)C(C)(C)C. The summed E-state index contributed by atoms with van der Waals surface area (Å²) < 4.78 is 0. The summed E-state index contributed by atoms with van der Waals surface area (Å²) >= 11 is 0. The molecule has 0 amide bonds. The number of hydrogen-bond acceptors (Lipinski definition) is 3. The van der Waals surface area contributed by atoms with Crippen molar-refractivity contribution in [3.63, 3.8) is 0 Å². The van der Waals surface area contributed by atoms with E-state index < -0.39 is 0 Å². The van der Waals surface area contributed by atoms with Crippen LogP contribution in [0.3, 0.4) is 0 Å². The average molecular weight is 207 g/mol. The Morgan fingerprint density at radius 1 is 1.47 bits per heavy atom. The second kappa shape index (κ2) is 4.62. The number of aromatic nitrogens is 1. The van der Waals surface area contributed by atoms with Crippen LogP contribution in [0.25, 0.3) is 0 Å². The van der Waals surface area contributed by atoms with Crippen LogP contribution >= 0.6 is 0 Å². The van der Waals surface area contributed by atoms with Crippen molar-refractivity contribution >= 4 is 5.69 Å². The molecule has 0 saturated heterocycles. The van der Waals surface area contributed by atoms with E-state index in [0.29, 0.717) is 5.92 Å². The number of anilines is 1. The smallest absolute Gasteiger partial charge is 0.0704 e. The van der Waals surface area contributed by atoms with Gasteiger partial charge in [0.05, 0.1) is 11.4 Å². The zero-order valence-electron chi connectivity index (χ0n) is 10.0. The normalized spacial score (nSPS) is 13.7. The van der Waals surface area contributed by atoms with Gasteiger partial charge in [-0.25, -0.2) is 0 Å². The molecule has 0 fully saturated rings. The average Bonchev–Trinajstić information content (AvgIpc) is 2.17. The maximum atomic E-state index is 5.50. The minimum atomic E-state index is 0.203. The molecular formula is C12H21N3. The molecule has 1 unspecified atom stereocenters. The number of nitrogen functional groups attached to an aromatic ring is 1. The summed E-state index contributed by atoms with van der Waals surface area (Å²) in [5.41, 5.74) is 4.92. The first-order chi connectivity index (χ1) is 7.00. The van der Waals surface area contributed by atoms with Gasteiger partial charge >= 0.3 is 0 Å². The van der Waals surface area contributed by atoms with Crippen LogP contribution in [0.5, 0.6) is 0 Å². The number of rotatable bonds is 3. The minimum absolute atomic E-state index is 0.203. The topological polar surface area (TPSA) is 50.9 Å². The Morgan fingerprint density at radius 3 is 2.60 bits per heavy atom. The van der Waals surface area contributed by atoms with Crippen molar-refractivity contribution in [2.24, 2.45) is 11.3 Å². The predicted octanol–water partition coefficient (Wildman–Crippen LogP) is 2.91. The van der Waals surface area contributed by atoms with Crippen molar-refractivity contribution in [3.05, 3.63) is 24.0 Å². The van der Waals surface area contributed by atoms with E-state index in [4.69, 9.17) is 5.84 Å². The third-order valence-corrected chi connectivity index (χ3v) is 2.78. The molecule has 1 atom stereocenters. The first-order valence-corrected chi connectivity index (χ1v) is 5.42. The third kappa shape index (κ3) is 2.69. The third-order valence-electron chi connectivity index (χ3n) is 2.78. The van der Waals surface area contributed by atoms with Crippen LogP contribution in [0, 0.1) is 5.41 Å². The molecule has 0 spiro atoms. The van der Waals surface area contributed by atoms with E-state index in [2.05, 4.69) is 38.1 Å². The molecule has 15 heavy (non-hydrogen) atoms. The van der Waals surface area contributed by atoms with Crippen molar-refractivity contribution in [2.45, 2.75) is 40.0 Å². The first-order valence-electron chi connectivity index (χ1n) is 5.42. The lowest BCUT2D eigenvalue weighted by molar-refractivity contribution is 0.308. The van der Waals surface area contributed by atoms with Crippen molar-refractivity contribution in [1.29, 1.82) is 0 Å². The lowest BCUT2D eigenvalue weighted by Gasteiger charge is -2.30. The Kier molecular flexibility index (Phi) is 3.69. The van der Waals surface area contributed by atoms with E-state index in [1.807, 2.05) is 18.3 Å². The molecule has 3 N–H and O–H groups in total. The fraction of sp³-hybridized carbons (Fsp3) is 0.583. The number of hydrogen-bond donors (Lipinski definition) is 2. The van der Waals surface area contributed by atoms with Crippen LogP contribution < -0.4 is 11.3 Å². The molecule has 1 aromatic heterocycles. The Morgan fingerprint density at radius 2 is 2.13 bits per heavy atom. The van der Waals surface area contributed by atoms with Gasteiger partial charge < -0.3 is 5.43 Å². The second-order valence-corrected chi connectivity index (χ2v) is 4.91. The minimum Gasteiger partial charge on any atom is -0.322 e. The Labute approximate surface area is 92.1 Å². The zero-order chi connectivity index (χ0) is 11.5. The fourth-order valence-electron chi connectivity index (χ4n) is 2.03. The highest BCUT2D eigenvalue weighted by molar-refractivity contribution is 5.48. The van der Waals surface area contributed by atoms with Crippen LogP contribution in [-0.4, -0.2) is 4.98 Å². The van der Waals surface area contributed by atoms with Crippen LogP contribution in [0.4, 0.5) is 5.69 Å². The van der Waals surface area contributed by atoms with E-state index in [-0.39, 0.29) is 5.41 Å². The molecule has 0 saturated carbocycles. The molecule has 1 rings (SSSR count). The van der Waals surface area contributed by atoms with Crippen LogP contribution in [-0.2, 0) is 0 Å². The van der Waals surface area contributed by atoms with Crippen molar-refractivity contribution in [2.75, 3.05) is 5.43 Å². The lowest BCUT2D eigenvalue weighted by Crippen LogP contribution is -2.21. The van der Waals surface area contributed by atoms with Gasteiger partial charge in [-0.05, 0) is 24.0 Å². The van der Waals surface area contributed by atoms with Gasteiger partial charge in [0, 0.05) is 12.1 Å². The quantitative estimate of drug-likeness (QED) is 0.592. The first kappa shape index (κ1) is 12.0. The van der Waals surface area contributed by atoms with Crippen molar-refractivity contribution < 1.29 is 0 Å². The molecule has 84 valence electrons. The van der Waals surface area contributed by atoms with Gasteiger partial charge in [-0.1, -0.05) is 27.7 Å². The van der Waals surface area contributed by atoms with Crippen LogP contribution in [0.2, 0.25) is 0 Å². The number of nitrogens with two attached hydrogens (primary N) is 1. The van der Waals surface area contributed by atoms with E-state index in [0.717, 1.165) is 17.8 Å². The standard InChI is InChI=1S/C12H21N3/c1-5-9(12(2,3)4)11-10(15-13)7-6-8-14-11/h6-9,15H,5,13H2,1-4H3. The molecule has 0 aliphatic rings. The highest BCUT2D eigenvalue weighted by Crippen LogP contribution is 2.39. The van der Waals surface area contributed by atoms with Gasteiger partial charge in [-0.2, -0.15) is 0 Å². The molecule has 0 aromatic carbocycles. The molecule has 3 heteroatoms. The molecule has 0 radical (unpaired) electrons. The van der Waals surface area contributed by atoms with Gasteiger partial charge in [-0.15, -0.1) is 0 Å². The van der Waals surface area contributed by atoms with Gasteiger partial charge in [-0.3, -0.25) is 10.8 Å². The van der Waals surface area contributed by atoms with Gasteiger partial charge in [0.15, 0.2) is 0 Å². The number of nitrogens with zero attached hydrogens (tertiary/aromatic N) is 1.